The zero-order valence-corrected chi connectivity index (χ0v) is 12.8. The summed E-state index contributed by atoms with van der Waals surface area (Å²) in [7, 11) is 0. The van der Waals surface area contributed by atoms with Crippen molar-refractivity contribution in [3.63, 3.8) is 0 Å². The van der Waals surface area contributed by atoms with E-state index in [0.717, 1.165) is 12.0 Å². The monoisotopic (exact) mass is 292 g/mol. The summed E-state index contributed by atoms with van der Waals surface area (Å²) in [6, 6.07) is 1.79. The maximum atomic E-state index is 11.2. The Kier molecular flexibility index (Phi) is 4.18. The normalized spacial score (nSPS) is 11.1. The number of hydrogen-bond acceptors (Lipinski definition) is 4. The van der Waals surface area contributed by atoms with Gasteiger partial charge in [-0.2, -0.15) is 5.10 Å². The third-order valence-corrected chi connectivity index (χ3v) is 3.19. The lowest BCUT2D eigenvalue weighted by molar-refractivity contribution is 0.112. The van der Waals surface area contributed by atoms with Crippen LogP contribution in [-0.4, -0.2) is 26.0 Å². The van der Waals surface area contributed by atoms with Crippen LogP contribution in [0.2, 0.25) is 5.15 Å². The Morgan fingerprint density at radius 3 is 2.60 bits per heavy atom. The average Bonchev–Trinajstić information content (AvgIpc) is 2.63. The van der Waals surface area contributed by atoms with E-state index in [0.29, 0.717) is 40.4 Å². The highest BCUT2D eigenvalue weighted by molar-refractivity contribution is 6.32. The van der Waals surface area contributed by atoms with Gasteiger partial charge in [-0.1, -0.05) is 25.4 Å². The molecule has 2 aromatic heterocycles. The number of hydrogen-bond donors (Lipinski definition) is 0. The molecule has 0 amide bonds. The van der Waals surface area contributed by atoms with Crippen LogP contribution in [0.4, 0.5) is 0 Å². The van der Waals surface area contributed by atoms with Crippen molar-refractivity contribution in [2.75, 3.05) is 0 Å². The Balaban J connectivity index is 2.56. The summed E-state index contributed by atoms with van der Waals surface area (Å²) in [5.41, 5.74) is 1.97. The molecule has 0 bridgehead atoms. The van der Waals surface area contributed by atoms with Gasteiger partial charge in [-0.25, -0.2) is 14.6 Å². The largest absolute Gasteiger partial charge is 0.298 e. The third kappa shape index (κ3) is 2.88. The Morgan fingerprint density at radius 1 is 1.35 bits per heavy atom. The maximum absolute atomic E-state index is 11.2. The molecule has 0 atom stereocenters. The van der Waals surface area contributed by atoms with Gasteiger partial charge in [0.15, 0.2) is 12.1 Å². The summed E-state index contributed by atoms with van der Waals surface area (Å²) in [6.45, 7) is 7.83. The molecule has 0 aliphatic rings. The Morgan fingerprint density at radius 2 is 2.05 bits per heavy atom. The zero-order chi connectivity index (χ0) is 14.9. The maximum Gasteiger partial charge on any atom is 0.159 e. The van der Waals surface area contributed by atoms with E-state index in [2.05, 4.69) is 28.9 Å². The number of carbonyl (C=O) groups excluding carboxylic acids is 1. The standard InChI is InChI=1S/C14H17ClN4O/c1-8(2)5-12-11(7-20)14(15)19(18-12)13-6-9(3)16-10(4)17-13/h6-8H,5H2,1-4H3. The first kappa shape index (κ1) is 14.7. The Hall–Kier alpha value is -1.75. The van der Waals surface area contributed by atoms with E-state index in [4.69, 9.17) is 11.6 Å². The number of nitrogens with zero attached hydrogens (tertiary/aromatic N) is 4. The Bertz CT molecular complexity index is 629. The summed E-state index contributed by atoms with van der Waals surface area (Å²) < 4.78 is 1.50. The van der Waals surface area contributed by atoms with Gasteiger partial charge in [-0.15, -0.1) is 0 Å². The molecule has 0 unspecified atom stereocenters. The van der Waals surface area contributed by atoms with E-state index in [9.17, 15) is 4.79 Å². The van der Waals surface area contributed by atoms with Crippen molar-refractivity contribution in [3.8, 4) is 5.82 Å². The van der Waals surface area contributed by atoms with Crippen LogP contribution >= 0.6 is 11.6 Å². The fourth-order valence-corrected chi connectivity index (χ4v) is 2.34. The highest BCUT2D eigenvalue weighted by atomic mass is 35.5. The first-order valence-corrected chi connectivity index (χ1v) is 6.85. The van der Waals surface area contributed by atoms with Crippen molar-refractivity contribution in [2.45, 2.75) is 34.1 Å². The number of halogens is 1. The minimum absolute atomic E-state index is 0.299. The predicted molar refractivity (Wildman–Crippen MR) is 77.6 cm³/mol. The molecule has 0 aliphatic heterocycles. The van der Waals surface area contributed by atoms with E-state index in [1.165, 1.54) is 4.68 Å². The quantitative estimate of drug-likeness (QED) is 0.813. The predicted octanol–water partition coefficient (Wildman–Crippen LogP) is 2.94. The SMILES string of the molecule is Cc1cc(-n2nc(CC(C)C)c(C=O)c2Cl)nc(C)n1. The smallest absolute Gasteiger partial charge is 0.159 e. The van der Waals surface area contributed by atoms with Crippen molar-refractivity contribution >= 4 is 17.9 Å². The van der Waals surface area contributed by atoms with Crippen LogP contribution in [0.5, 0.6) is 0 Å². The molecule has 0 N–H and O–H groups in total. The van der Waals surface area contributed by atoms with Gasteiger partial charge in [-0.3, -0.25) is 4.79 Å². The fraction of sp³-hybridized carbons (Fsp3) is 0.429. The van der Waals surface area contributed by atoms with Gasteiger partial charge in [0.1, 0.15) is 11.0 Å². The Labute approximate surface area is 123 Å². The molecule has 2 aromatic rings. The number of carbonyl (C=O) groups is 1. The molecule has 2 heterocycles. The minimum atomic E-state index is 0.299. The van der Waals surface area contributed by atoms with Crippen molar-refractivity contribution < 1.29 is 4.79 Å². The van der Waals surface area contributed by atoms with Gasteiger partial charge in [-0.05, 0) is 26.2 Å². The molecule has 0 saturated heterocycles. The second-order valence-electron chi connectivity index (χ2n) is 5.19. The van der Waals surface area contributed by atoms with Crippen LogP contribution in [0.15, 0.2) is 6.07 Å². The van der Waals surface area contributed by atoms with Gasteiger partial charge in [0.2, 0.25) is 0 Å². The molecule has 0 aliphatic carbocycles. The van der Waals surface area contributed by atoms with Crippen LogP contribution in [0, 0.1) is 19.8 Å². The van der Waals surface area contributed by atoms with Gasteiger partial charge in [0, 0.05) is 11.8 Å². The fourth-order valence-electron chi connectivity index (χ4n) is 2.06. The van der Waals surface area contributed by atoms with Crippen molar-refractivity contribution in [2.24, 2.45) is 5.92 Å². The minimum Gasteiger partial charge on any atom is -0.298 e. The van der Waals surface area contributed by atoms with Crippen LogP contribution in [0.25, 0.3) is 5.82 Å². The molecule has 0 aromatic carbocycles. The molecule has 0 spiro atoms. The molecule has 106 valence electrons. The lowest BCUT2D eigenvalue weighted by Gasteiger charge is -2.04. The van der Waals surface area contributed by atoms with Gasteiger partial charge in [0.05, 0.1) is 11.3 Å². The number of aldehydes is 1. The highest BCUT2D eigenvalue weighted by Gasteiger charge is 2.18. The number of aromatic nitrogens is 4. The third-order valence-electron chi connectivity index (χ3n) is 2.83. The van der Waals surface area contributed by atoms with Crippen LogP contribution in [-0.2, 0) is 6.42 Å². The van der Waals surface area contributed by atoms with E-state index >= 15 is 0 Å². The van der Waals surface area contributed by atoms with Crippen LogP contribution in [0.1, 0.15) is 41.4 Å². The molecule has 6 heteroatoms. The summed E-state index contributed by atoms with van der Waals surface area (Å²) >= 11 is 6.26. The van der Waals surface area contributed by atoms with E-state index < -0.39 is 0 Å². The molecular formula is C14H17ClN4O. The molecule has 0 saturated carbocycles. The van der Waals surface area contributed by atoms with Crippen molar-refractivity contribution in [3.05, 3.63) is 34.0 Å². The first-order valence-electron chi connectivity index (χ1n) is 6.47. The van der Waals surface area contributed by atoms with Crippen molar-refractivity contribution in [1.29, 1.82) is 0 Å². The second kappa shape index (κ2) is 5.71. The highest BCUT2D eigenvalue weighted by Crippen LogP contribution is 2.23. The summed E-state index contributed by atoms with van der Waals surface area (Å²) in [4.78, 5) is 19.8. The summed E-state index contributed by atoms with van der Waals surface area (Å²) in [5, 5.41) is 4.74. The van der Waals surface area contributed by atoms with Crippen LogP contribution < -0.4 is 0 Å². The van der Waals surface area contributed by atoms with Gasteiger partial charge >= 0.3 is 0 Å². The number of rotatable bonds is 4. The number of aryl methyl sites for hydroxylation is 2. The molecule has 2 rings (SSSR count). The summed E-state index contributed by atoms with van der Waals surface area (Å²) in [5.74, 6) is 1.62. The van der Waals surface area contributed by atoms with Gasteiger partial charge in [0.25, 0.3) is 0 Å². The summed E-state index contributed by atoms with van der Waals surface area (Å²) in [6.07, 6.45) is 1.45. The molecule has 20 heavy (non-hydrogen) atoms. The van der Waals surface area contributed by atoms with E-state index in [1.807, 2.05) is 13.8 Å². The van der Waals surface area contributed by atoms with E-state index in [-0.39, 0.29) is 0 Å². The topological polar surface area (TPSA) is 60.7 Å². The molecular weight excluding hydrogens is 276 g/mol. The van der Waals surface area contributed by atoms with Gasteiger partial charge < -0.3 is 0 Å². The lowest BCUT2D eigenvalue weighted by atomic mass is 10.1. The first-order chi connectivity index (χ1) is 9.42. The molecule has 5 nitrogen and oxygen atoms in total. The second-order valence-corrected chi connectivity index (χ2v) is 5.55. The van der Waals surface area contributed by atoms with Crippen molar-refractivity contribution in [1.82, 2.24) is 19.7 Å². The molecule has 0 fully saturated rings. The van der Waals surface area contributed by atoms with Crippen LogP contribution in [0.3, 0.4) is 0 Å². The zero-order valence-electron chi connectivity index (χ0n) is 12.0. The average molecular weight is 293 g/mol. The molecule has 0 radical (unpaired) electrons. The lowest BCUT2D eigenvalue weighted by Crippen LogP contribution is -2.04. The van der Waals surface area contributed by atoms with E-state index in [1.54, 1.807) is 6.07 Å².